The van der Waals surface area contributed by atoms with Gasteiger partial charge in [0, 0.05) is 12.6 Å². The minimum atomic E-state index is 0.0263. The smallest absolute Gasteiger partial charge is 0.241 e. The Morgan fingerprint density at radius 2 is 2.15 bits per heavy atom. The number of amides is 1. The summed E-state index contributed by atoms with van der Waals surface area (Å²) in [4.78, 5) is 20.5. The topological polar surface area (TPSA) is 71.3 Å². The van der Waals surface area contributed by atoms with Crippen molar-refractivity contribution in [3.63, 3.8) is 0 Å². The number of piperidine rings is 1. The highest BCUT2D eigenvalue weighted by molar-refractivity contribution is 7.13. The molecule has 2 aromatic heterocycles. The van der Waals surface area contributed by atoms with Crippen LogP contribution in [-0.2, 0) is 11.3 Å². The summed E-state index contributed by atoms with van der Waals surface area (Å²) in [5, 5.41) is 9.35. The number of rotatable bonds is 7. The van der Waals surface area contributed by atoms with Crippen molar-refractivity contribution in [3.8, 4) is 10.7 Å². The zero-order valence-corrected chi connectivity index (χ0v) is 17.5. The molecule has 3 heterocycles. The lowest BCUT2D eigenvalue weighted by atomic mass is 9.91. The number of nitrogens with zero attached hydrogens (tertiary/aromatic N) is 3. The fourth-order valence-electron chi connectivity index (χ4n) is 3.81. The van der Waals surface area contributed by atoms with Gasteiger partial charge in [0.1, 0.15) is 0 Å². The summed E-state index contributed by atoms with van der Waals surface area (Å²) < 4.78 is 5.42. The highest BCUT2D eigenvalue weighted by atomic mass is 32.1. The molecule has 1 aliphatic rings. The van der Waals surface area contributed by atoms with Crippen LogP contribution < -0.4 is 5.32 Å². The molecule has 1 atom stereocenters. The number of aromatic nitrogens is 2. The molecule has 1 aliphatic heterocycles. The molecule has 1 amide bonds. The molecular formula is C20H30N4O2S. The largest absolute Gasteiger partial charge is 0.353 e. The molecule has 0 aromatic carbocycles. The number of thiophene rings is 1. The monoisotopic (exact) mass is 390 g/mol. The van der Waals surface area contributed by atoms with Gasteiger partial charge in [-0.05, 0) is 42.7 Å². The number of carbonyl (C=O) groups excluding carboxylic acids is 1. The number of hydrogen-bond donors (Lipinski definition) is 1. The maximum Gasteiger partial charge on any atom is 0.241 e. The fraction of sp³-hybridized carbons (Fsp3) is 0.650. The number of hydrogen-bond acceptors (Lipinski definition) is 6. The lowest BCUT2D eigenvalue weighted by Gasteiger charge is -2.33. The summed E-state index contributed by atoms with van der Waals surface area (Å²) in [6.07, 6.45) is 1.95. The zero-order valence-electron chi connectivity index (χ0n) is 16.6. The van der Waals surface area contributed by atoms with E-state index in [1.165, 1.54) is 0 Å². The highest BCUT2D eigenvalue weighted by Gasteiger charge is 2.29. The van der Waals surface area contributed by atoms with E-state index in [1.54, 1.807) is 11.3 Å². The number of nitrogens with one attached hydrogen (secondary N) is 1. The average Bonchev–Trinajstić information content (AvgIpc) is 3.30. The predicted octanol–water partition coefficient (Wildman–Crippen LogP) is 3.81. The lowest BCUT2D eigenvalue weighted by molar-refractivity contribution is -0.128. The van der Waals surface area contributed by atoms with E-state index in [0.29, 0.717) is 30.1 Å². The van der Waals surface area contributed by atoms with E-state index in [4.69, 9.17) is 4.52 Å². The Morgan fingerprint density at radius 1 is 1.37 bits per heavy atom. The van der Waals surface area contributed by atoms with Gasteiger partial charge in [-0.3, -0.25) is 9.69 Å². The quantitative estimate of drug-likeness (QED) is 0.778. The minimum Gasteiger partial charge on any atom is -0.353 e. The van der Waals surface area contributed by atoms with Crippen LogP contribution in [0.3, 0.4) is 0 Å². The van der Waals surface area contributed by atoms with Gasteiger partial charge >= 0.3 is 0 Å². The molecule has 1 N–H and O–H groups in total. The first-order valence-electron chi connectivity index (χ1n) is 9.83. The van der Waals surface area contributed by atoms with Gasteiger partial charge in [0.2, 0.25) is 17.6 Å². The van der Waals surface area contributed by atoms with E-state index in [2.05, 4.69) is 48.1 Å². The third kappa shape index (κ3) is 5.17. The van der Waals surface area contributed by atoms with Crippen molar-refractivity contribution in [2.45, 2.75) is 53.1 Å². The summed E-state index contributed by atoms with van der Waals surface area (Å²) in [6, 6.07) is 4.18. The Balaban J connectivity index is 1.57. The molecule has 7 heteroatoms. The molecule has 2 aromatic rings. The Labute approximate surface area is 165 Å². The molecule has 1 fully saturated rings. The molecule has 1 unspecified atom stereocenters. The average molecular weight is 391 g/mol. The SMILES string of the molecule is CC(C)C(NC(=O)C1CCCN(Cc2nc(-c3cccs3)no2)C1)C(C)C. The van der Waals surface area contributed by atoms with Crippen molar-refractivity contribution in [1.29, 1.82) is 0 Å². The molecule has 0 spiro atoms. The molecule has 0 bridgehead atoms. The van der Waals surface area contributed by atoms with Crippen molar-refractivity contribution in [2.24, 2.45) is 17.8 Å². The van der Waals surface area contributed by atoms with Crippen LogP contribution in [0.2, 0.25) is 0 Å². The zero-order chi connectivity index (χ0) is 19.4. The van der Waals surface area contributed by atoms with Crippen LogP contribution in [0.4, 0.5) is 0 Å². The molecule has 1 saturated heterocycles. The second kappa shape index (κ2) is 8.97. The van der Waals surface area contributed by atoms with Crippen LogP contribution >= 0.6 is 11.3 Å². The van der Waals surface area contributed by atoms with E-state index in [0.717, 1.165) is 30.8 Å². The van der Waals surface area contributed by atoms with E-state index in [9.17, 15) is 4.79 Å². The minimum absolute atomic E-state index is 0.0263. The summed E-state index contributed by atoms with van der Waals surface area (Å²) in [5.74, 6) is 2.32. The van der Waals surface area contributed by atoms with Crippen LogP contribution in [0.1, 0.15) is 46.4 Å². The van der Waals surface area contributed by atoms with E-state index < -0.39 is 0 Å². The van der Waals surface area contributed by atoms with Crippen molar-refractivity contribution in [1.82, 2.24) is 20.4 Å². The predicted molar refractivity (Wildman–Crippen MR) is 107 cm³/mol. The van der Waals surface area contributed by atoms with E-state index >= 15 is 0 Å². The third-order valence-electron chi connectivity index (χ3n) is 5.19. The maximum absolute atomic E-state index is 12.8. The molecule has 3 rings (SSSR count). The van der Waals surface area contributed by atoms with Crippen LogP contribution in [0.25, 0.3) is 10.7 Å². The molecular weight excluding hydrogens is 360 g/mol. The summed E-state index contributed by atoms with van der Waals surface area (Å²) in [7, 11) is 0. The van der Waals surface area contributed by atoms with E-state index in [1.807, 2.05) is 17.5 Å². The van der Waals surface area contributed by atoms with Crippen LogP contribution in [0.5, 0.6) is 0 Å². The van der Waals surface area contributed by atoms with Gasteiger partial charge < -0.3 is 9.84 Å². The maximum atomic E-state index is 12.8. The summed E-state index contributed by atoms with van der Waals surface area (Å²) >= 11 is 1.60. The van der Waals surface area contributed by atoms with Gasteiger partial charge in [0.15, 0.2) is 0 Å². The molecule has 27 heavy (non-hydrogen) atoms. The first-order valence-corrected chi connectivity index (χ1v) is 10.7. The number of carbonyl (C=O) groups is 1. The summed E-state index contributed by atoms with van der Waals surface area (Å²) in [5.41, 5.74) is 0. The van der Waals surface area contributed by atoms with E-state index in [-0.39, 0.29) is 17.9 Å². The van der Waals surface area contributed by atoms with Gasteiger partial charge in [-0.2, -0.15) is 4.98 Å². The summed E-state index contributed by atoms with van der Waals surface area (Å²) in [6.45, 7) is 11.0. The third-order valence-corrected chi connectivity index (χ3v) is 6.06. The second-order valence-electron chi connectivity index (χ2n) is 8.09. The first kappa shape index (κ1) is 20.0. The standard InChI is InChI=1S/C20H30N4O2S/c1-13(2)18(14(3)4)22-20(25)15-7-5-9-24(11-15)12-17-21-19(23-26-17)16-8-6-10-27-16/h6,8,10,13-15,18H,5,7,9,11-12H2,1-4H3,(H,22,25). The number of likely N-dealkylation sites (tertiary alicyclic amines) is 1. The Kier molecular flexibility index (Phi) is 6.65. The Morgan fingerprint density at radius 3 is 2.81 bits per heavy atom. The van der Waals surface area contributed by atoms with Gasteiger partial charge in [-0.15, -0.1) is 11.3 Å². The molecule has 6 nitrogen and oxygen atoms in total. The van der Waals surface area contributed by atoms with Crippen LogP contribution in [-0.4, -0.2) is 40.1 Å². The van der Waals surface area contributed by atoms with Crippen molar-refractivity contribution < 1.29 is 9.32 Å². The molecule has 0 radical (unpaired) electrons. The van der Waals surface area contributed by atoms with Crippen molar-refractivity contribution >= 4 is 17.2 Å². The first-order chi connectivity index (χ1) is 12.9. The Bertz CT molecular complexity index is 718. The molecule has 148 valence electrons. The van der Waals surface area contributed by atoms with Crippen LogP contribution in [0, 0.1) is 17.8 Å². The van der Waals surface area contributed by atoms with Gasteiger partial charge in [0.05, 0.1) is 17.3 Å². The fourth-order valence-corrected chi connectivity index (χ4v) is 4.46. The molecule has 0 saturated carbocycles. The molecule has 0 aliphatic carbocycles. The van der Waals surface area contributed by atoms with Crippen molar-refractivity contribution in [3.05, 3.63) is 23.4 Å². The van der Waals surface area contributed by atoms with Crippen LogP contribution in [0.15, 0.2) is 22.0 Å². The normalized spacial score (nSPS) is 18.6. The second-order valence-corrected chi connectivity index (χ2v) is 9.03. The van der Waals surface area contributed by atoms with Gasteiger partial charge in [0.25, 0.3) is 0 Å². The van der Waals surface area contributed by atoms with Gasteiger partial charge in [-0.1, -0.05) is 38.9 Å². The highest BCUT2D eigenvalue weighted by Crippen LogP contribution is 2.23. The van der Waals surface area contributed by atoms with Gasteiger partial charge in [-0.25, -0.2) is 0 Å². The lowest BCUT2D eigenvalue weighted by Crippen LogP contribution is -2.48. The Hall–Kier alpha value is -1.73. The van der Waals surface area contributed by atoms with Crippen molar-refractivity contribution in [2.75, 3.05) is 13.1 Å².